The number of carbonyl (C=O) groups is 3. The largest absolute Gasteiger partial charge is 0.462 e. The Morgan fingerprint density at radius 3 is 0.795 bits per heavy atom. The predicted octanol–water partition coefficient (Wildman–Crippen LogP) is 23.3. The SMILES string of the molecule is CC/C=C\C/C=C\C/C=C\C/C=C\C/C=C\CCCCCCCCCCCCCCCC(=O)OCC(COC(=O)CCCCCCCCCCCC)OC(=O)CCCCCCCCCCC/C=C\CCCCCCCCCC. The van der Waals surface area contributed by atoms with Gasteiger partial charge in [0.1, 0.15) is 13.2 Å². The second-order valence-electron chi connectivity index (χ2n) is 22.7. The zero-order chi connectivity index (χ0) is 56.4. The Morgan fingerprint density at radius 1 is 0.269 bits per heavy atom. The Morgan fingerprint density at radius 2 is 0.500 bits per heavy atom. The molecular formula is C72H128O6. The molecule has 0 N–H and O–H groups in total. The summed E-state index contributed by atoms with van der Waals surface area (Å²) >= 11 is 0. The average Bonchev–Trinajstić information content (AvgIpc) is 3.44. The maximum absolute atomic E-state index is 12.9. The molecule has 0 aliphatic rings. The van der Waals surface area contributed by atoms with Crippen molar-refractivity contribution in [3.05, 3.63) is 72.9 Å². The molecule has 0 aliphatic heterocycles. The number of allylic oxidation sites excluding steroid dienone is 12. The Balaban J connectivity index is 4.18. The first-order valence-electron chi connectivity index (χ1n) is 33.9. The number of esters is 3. The number of ether oxygens (including phenoxy) is 3. The van der Waals surface area contributed by atoms with Crippen LogP contribution in [0, 0.1) is 0 Å². The van der Waals surface area contributed by atoms with Crippen molar-refractivity contribution in [2.45, 2.75) is 354 Å². The van der Waals surface area contributed by atoms with Gasteiger partial charge in [0.25, 0.3) is 0 Å². The molecular weight excluding hydrogens is 961 g/mol. The number of unbranched alkanes of at least 4 members (excludes halogenated alkanes) is 39. The average molecular weight is 1090 g/mol. The minimum Gasteiger partial charge on any atom is -0.462 e. The molecule has 0 saturated carbocycles. The van der Waals surface area contributed by atoms with E-state index in [0.29, 0.717) is 19.3 Å². The van der Waals surface area contributed by atoms with Crippen molar-refractivity contribution in [3.63, 3.8) is 0 Å². The van der Waals surface area contributed by atoms with Crippen LogP contribution in [0.2, 0.25) is 0 Å². The highest BCUT2D eigenvalue weighted by Gasteiger charge is 2.19. The van der Waals surface area contributed by atoms with Gasteiger partial charge in [0.15, 0.2) is 6.10 Å². The molecule has 6 heteroatoms. The van der Waals surface area contributed by atoms with Crippen LogP contribution in [-0.4, -0.2) is 37.2 Å². The Bertz CT molecular complexity index is 1440. The first kappa shape index (κ1) is 74.8. The molecule has 0 bridgehead atoms. The van der Waals surface area contributed by atoms with Crippen LogP contribution in [0.3, 0.4) is 0 Å². The minimum atomic E-state index is -0.774. The number of hydrogen-bond acceptors (Lipinski definition) is 6. The summed E-state index contributed by atoms with van der Waals surface area (Å²) < 4.78 is 16.9. The molecule has 1 unspecified atom stereocenters. The van der Waals surface area contributed by atoms with Gasteiger partial charge in [-0.15, -0.1) is 0 Å². The maximum Gasteiger partial charge on any atom is 0.306 e. The van der Waals surface area contributed by atoms with E-state index in [1.165, 1.54) is 218 Å². The topological polar surface area (TPSA) is 78.9 Å². The van der Waals surface area contributed by atoms with Gasteiger partial charge in [0.05, 0.1) is 0 Å². The number of rotatable bonds is 62. The molecule has 0 spiro atoms. The van der Waals surface area contributed by atoms with Crippen molar-refractivity contribution in [2.75, 3.05) is 13.2 Å². The molecule has 0 heterocycles. The van der Waals surface area contributed by atoms with Crippen molar-refractivity contribution in [1.29, 1.82) is 0 Å². The van der Waals surface area contributed by atoms with Gasteiger partial charge < -0.3 is 14.2 Å². The van der Waals surface area contributed by atoms with Gasteiger partial charge in [-0.05, 0) is 89.9 Å². The van der Waals surface area contributed by atoms with Gasteiger partial charge in [-0.2, -0.15) is 0 Å². The summed E-state index contributed by atoms with van der Waals surface area (Å²) in [5.41, 5.74) is 0. The van der Waals surface area contributed by atoms with Gasteiger partial charge in [-0.3, -0.25) is 14.4 Å². The van der Waals surface area contributed by atoms with Crippen LogP contribution in [0.25, 0.3) is 0 Å². The van der Waals surface area contributed by atoms with E-state index in [9.17, 15) is 14.4 Å². The summed E-state index contributed by atoms with van der Waals surface area (Å²) in [5.74, 6) is -0.858. The van der Waals surface area contributed by atoms with Crippen molar-refractivity contribution in [1.82, 2.24) is 0 Å². The van der Waals surface area contributed by atoms with Crippen LogP contribution in [0.5, 0.6) is 0 Å². The molecule has 1 atom stereocenters. The Hall–Kier alpha value is -3.15. The van der Waals surface area contributed by atoms with Crippen LogP contribution < -0.4 is 0 Å². The fourth-order valence-electron chi connectivity index (χ4n) is 9.88. The van der Waals surface area contributed by atoms with E-state index in [0.717, 1.165) is 89.9 Å². The Labute approximate surface area is 484 Å². The summed E-state index contributed by atoms with van der Waals surface area (Å²) in [4.78, 5) is 38.3. The van der Waals surface area contributed by atoms with Gasteiger partial charge in [0, 0.05) is 19.3 Å². The van der Waals surface area contributed by atoms with Crippen LogP contribution in [-0.2, 0) is 28.6 Å². The number of hydrogen-bond donors (Lipinski definition) is 0. The van der Waals surface area contributed by atoms with Crippen LogP contribution in [0.15, 0.2) is 72.9 Å². The zero-order valence-electron chi connectivity index (χ0n) is 51.9. The minimum absolute atomic E-state index is 0.0718. The van der Waals surface area contributed by atoms with Gasteiger partial charge >= 0.3 is 17.9 Å². The summed E-state index contributed by atoms with van der Waals surface area (Å²) in [6, 6.07) is 0. The maximum atomic E-state index is 12.9. The predicted molar refractivity (Wildman–Crippen MR) is 339 cm³/mol. The van der Waals surface area contributed by atoms with E-state index in [2.05, 4.69) is 93.7 Å². The molecule has 0 fully saturated rings. The number of carbonyl (C=O) groups excluding carboxylic acids is 3. The lowest BCUT2D eigenvalue weighted by atomic mass is 10.0. The third-order valence-electron chi connectivity index (χ3n) is 14.9. The molecule has 452 valence electrons. The molecule has 0 aromatic heterocycles. The lowest BCUT2D eigenvalue weighted by Crippen LogP contribution is -2.30. The zero-order valence-corrected chi connectivity index (χ0v) is 51.9. The highest BCUT2D eigenvalue weighted by Crippen LogP contribution is 2.17. The van der Waals surface area contributed by atoms with E-state index < -0.39 is 6.10 Å². The van der Waals surface area contributed by atoms with E-state index in [1.807, 2.05) is 0 Å². The molecule has 0 amide bonds. The molecule has 0 rings (SSSR count). The molecule has 0 aromatic carbocycles. The van der Waals surface area contributed by atoms with Gasteiger partial charge in [-0.1, -0.05) is 312 Å². The van der Waals surface area contributed by atoms with Crippen molar-refractivity contribution < 1.29 is 28.6 Å². The standard InChI is InChI=1S/C72H128O6/c1-4-7-10-13-16-19-22-24-26-28-30-32-33-34-35-36-37-38-39-41-42-44-46-48-50-53-56-59-62-65-71(74)77-68-69(67-76-70(73)64-61-58-55-52-21-18-15-12-9-6-3)78-72(75)66-63-60-57-54-51-49-47-45-43-40-31-29-27-25-23-20-17-14-11-8-5-2/h7,10,16,19,24,26,29-32,34-35,69H,4-6,8-9,11-15,17-18,20-23,25,27-28,33,36-68H2,1-3H3/b10-7-,19-16-,26-24-,31-29-,32-30-,35-34-. The molecule has 6 nitrogen and oxygen atoms in total. The summed E-state index contributed by atoms with van der Waals surface area (Å²) in [6.45, 7) is 6.56. The quantitative estimate of drug-likeness (QED) is 0.0261. The van der Waals surface area contributed by atoms with Crippen molar-refractivity contribution in [3.8, 4) is 0 Å². The second kappa shape index (κ2) is 66.4. The molecule has 0 aliphatic carbocycles. The fourth-order valence-corrected chi connectivity index (χ4v) is 9.88. The van der Waals surface area contributed by atoms with E-state index >= 15 is 0 Å². The highest BCUT2D eigenvalue weighted by molar-refractivity contribution is 5.71. The summed E-state index contributed by atoms with van der Waals surface area (Å²) in [6.07, 6.45) is 86.4. The van der Waals surface area contributed by atoms with Crippen LogP contribution in [0.4, 0.5) is 0 Å². The monoisotopic (exact) mass is 1090 g/mol. The summed E-state index contributed by atoms with van der Waals surface area (Å²) in [5, 5.41) is 0. The first-order chi connectivity index (χ1) is 38.5. The van der Waals surface area contributed by atoms with Crippen LogP contribution in [0.1, 0.15) is 348 Å². The van der Waals surface area contributed by atoms with Crippen molar-refractivity contribution >= 4 is 17.9 Å². The molecule has 0 aromatic rings. The third kappa shape index (κ3) is 63.7. The Kier molecular flexibility index (Phi) is 63.7. The van der Waals surface area contributed by atoms with E-state index in [-0.39, 0.29) is 31.1 Å². The van der Waals surface area contributed by atoms with Crippen LogP contribution >= 0.6 is 0 Å². The normalized spacial score (nSPS) is 12.5. The molecule has 0 radical (unpaired) electrons. The van der Waals surface area contributed by atoms with E-state index in [4.69, 9.17) is 14.2 Å². The van der Waals surface area contributed by atoms with E-state index in [1.54, 1.807) is 0 Å². The van der Waals surface area contributed by atoms with Gasteiger partial charge in [0.2, 0.25) is 0 Å². The summed E-state index contributed by atoms with van der Waals surface area (Å²) in [7, 11) is 0. The molecule has 0 saturated heterocycles. The fraction of sp³-hybridized carbons (Fsp3) is 0.792. The lowest BCUT2D eigenvalue weighted by Gasteiger charge is -2.18. The van der Waals surface area contributed by atoms with Gasteiger partial charge in [-0.25, -0.2) is 0 Å². The van der Waals surface area contributed by atoms with Crippen molar-refractivity contribution in [2.24, 2.45) is 0 Å². The highest BCUT2D eigenvalue weighted by atomic mass is 16.6. The molecule has 78 heavy (non-hydrogen) atoms. The lowest BCUT2D eigenvalue weighted by molar-refractivity contribution is -0.167. The third-order valence-corrected chi connectivity index (χ3v) is 14.9. The first-order valence-corrected chi connectivity index (χ1v) is 33.9. The smallest absolute Gasteiger partial charge is 0.306 e. The second-order valence-corrected chi connectivity index (χ2v) is 22.7.